The Labute approximate surface area is 66.5 Å². The van der Waals surface area contributed by atoms with E-state index in [1.165, 1.54) is 13.8 Å². The van der Waals surface area contributed by atoms with Crippen LogP contribution >= 0.6 is 0 Å². The van der Waals surface area contributed by atoms with Crippen LogP contribution < -0.4 is 0 Å². The molecule has 0 N–H and O–H groups in total. The SMILES string of the molecule is CC(C)C(=O)OC(=O)C(F)(F)F. The van der Waals surface area contributed by atoms with Crippen LogP contribution in [0.5, 0.6) is 0 Å². The van der Waals surface area contributed by atoms with Crippen LogP contribution in [0.15, 0.2) is 0 Å². The molecule has 0 aliphatic rings. The first-order valence-electron chi connectivity index (χ1n) is 3.08. The summed E-state index contributed by atoms with van der Waals surface area (Å²) in [6, 6.07) is 0. The highest BCUT2D eigenvalue weighted by Crippen LogP contribution is 2.17. The van der Waals surface area contributed by atoms with E-state index in [1.54, 1.807) is 0 Å². The molecule has 0 unspecified atom stereocenters. The van der Waals surface area contributed by atoms with Crippen molar-refractivity contribution in [3.05, 3.63) is 0 Å². The Hall–Kier alpha value is -1.07. The Balaban J connectivity index is 4.12. The number of hydrogen-bond acceptors (Lipinski definition) is 3. The molecule has 0 rings (SSSR count). The van der Waals surface area contributed by atoms with Crippen LogP contribution in [0.2, 0.25) is 0 Å². The van der Waals surface area contributed by atoms with Crippen molar-refractivity contribution in [1.82, 2.24) is 0 Å². The molecule has 12 heavy (non-hydrogen) atoms. The van der Waals surface area contributed by atoms with Gasteiger partial charge in [-0.3, -0.25) is 4.79 Å². The van der Waals surface area contributed by atoms with Gasteiger partial charge in [0.25, 0.3) is 0 Å². The largest absolute Gasteiger partial charge is 0.491 e. The average molecular weight is 184 g/mol. The first kappa shape index (κ1) is 10.9. The molecule has 0 saturated carbocycles. The van der Waals surface area contributed by atoms with Gasteiger partial charge in [0, 0.05) is 0 Å². The van der Waals surface area contributed by atoms with E-state index in [0.717, 1.165) is 0 Å². The molecule has 0 aromatic heterocycles. The summed E-state index contributed by atoms with van der Waals surface area (Å²) in [6.45, 7) is 2.65. The Morgan fingerprint density at radius 3 is 1.92 bits per heavy atom. The predicted molar refractivity (Wildman–Crippen MR) is 32.0 cm³/mol. The lowest BCUT2D eigenvalue weighted by Gasteiger charge is -2.06. The van der Waals surface area contributed by atoms with Crippen molar-refractivity contribution >= 4 is 11.9 Å². The van der Waals surface area contributed by atoms with Crippen molar-refractivity contribution in [2.24, 2.45) is 5.92 Å². The van der Waals surface area contributed by atoms with Gasteiger partial charge in [0.1, 0.15) is 0 Å². The van der Waals surface area contributed by atoms with Gasteiger partial charge in [0.2, 0.25) is 0 Å². The lowest BCUT2D eigenvalue weighted by atomic mass is 10.2. The second kappa shape index (κ2) is 3.55. The van der Waals surface area contributed by atoms with Crippen molar-refractivity contribution in [3.63, 3.8) is 0 Å². The third-order valence-corrected chi connectivity index (χ3v) is 0.896. The average Bonchev–Trinajstić information content (AvgIpc) is 1.85. The molecule has 6 heteroatoms. The van der Waals surface area contributed by atoms with Crippen molar-refractivity contribution in [3.8, 4) is 0 Å². The van der Waals surface area contributed by atoms with Crippen LogP contribution in [0.1, 0.15) is 13.8 Å². The first-order valence-corrected chi connectivity index (χ1v) is 3.08. The van der Waals surface area contributed by atoms with E-state index in [0.29, 0.717) is 0 Å². The zero-order valence-corrected chi connectivity index (χ0v) is 6.44. The van der Waals surface area contributed by atoms with Crippen molar-refractivity contribution in [1.29, 1.82) is 0 Å². The molecule has 0 atom stereocenters. The molecule has 0 heterocycles. The number of ether oxygens (including phenoxy) is 1. The van der Waals surface area contributed by atoms with E-state index in [9.17, 15) is 22.8 Å². The minimum atomic E-state index is -5.11. The number of hydrogen-bond donors (Lipinski definition) is 0. The van der Waals surface area contributed by atoms with E-state index in [-0.39, 0.29) is 0 Å². The maximum atomic E-state index is 11.4. The molecule has 3 nitrogen and oxygen atoms in total. The highest BCUT2D eigenvalue weighted by Gasteiger charge is 2.42. The second-order valence-electron chi connectivity index (χ2n) is 2.36. The minimum absolute atomic E-state index is 0.753. The minimum Gasteiger partial charge on any atom is -0.386 e. The number of carbonyl (C=O) groups is 2. The van der Waals surface area contributed by atoms with Crippen molar-refractivity contribution in [2.45, 2.75) is 20.0 Å². The lowest BCUT2D eigenvalue weighted by molar-refractivity contribution is -0.202. The number of rotatable bonds is 1. The summed E-state index contributed by atoms with van der Waals surface area (Å²) >= 11 is 0. The van der Waals surface area contributed by atoms with E-state index in [1.807, 2.05) is 0 Å². The van der Waals surface area contributed by atoms with Crippen molar-refractivity contribution in [2.75, 3.05) is 0 Å². The fourth-order valence-corrected chi connectivity index (χ4v) is 0.267. The van der Waals surface area contributed by atoms with Crippen molar-refractivity contribution < 1.29 is 27.5 Å². The van der Waals surface area contributed by atoms with Gasteiger partial charge in [-0.25, -0.2) is 4.79 Å². The summed E-state index contributed by atoms with van der Waals surface area (Å²) in [5.41, 5.74) is 0. The molecule has 0 spiro atoms. The van der Waals surface area contributed by atoms with Gasteiger partial charge >= 0.3 is 18.1 Å². The molecule has 0 aromatic rings. The zero-order chi connectivity index (χ0) is 9.94. The van der Waals surface area contributed by atoms with Gasteiger partial charge in [0.05, 0.1) is 5.92 Å². The number of carbonyl (C=O) groups excluding carboxylic acids is 2. The molecule has 0 radical (unpaired) electrons. The van der Waals surface area contributed by atoms with E-state index >= 15 is 0 Å². The molecule has 0 aliphatic carbocycles. The summed E-state index contributed by atoms with van der Waals surface area (Å²) in [5, 5.41) is 0. The zero-order valence-electron chi connectivity index (χ0n) is 6.44. The highest BCUT2D eigenvalue weighted by molar-refractivity contribution is 5.89. The number of halogens is 3. The summed E-state index contributed by atoms with van der Waals surface area (Å²) in [7, 11) is 0. The summed E-state index contributed by atoms with van der Waals surface area (Å²) in [5.74, 6) is -4.41. The number of alkyl halides is 3. The topological polar surface area (TPSA) is 43.4 Å². The fourth-order valence-electron chi connectivity index (χ4n) is 0.267. The van der Waals surface area contributed by atoms with Gasteiger partial charge in [0.15, 0.2) is 0 Å². The monoisotopic (exact) mass is 184 g/mol. The molecule has 70 valence electrons. The Bertz CT molecular complexity index is 195. The van der Waals surface area contributed by atoms with Crippen LogP contribution in [0.25, 0.3) is 0 Å². The molecule has 0 aliphatic heterocycles. The quantitative estimate of drug-likeness (QED) is 0.455. The van der Waals surface area contributed by atoms with Gasteiger partial charge in [-0.15, -0.1) is 0 Å². The van der Waals surface area contributed by atoms with Gasteiger partial charge in [-0.1, -0.05) is 13.8 Å². The van der Waals surface area contributed by atoms with E-state index < -0.39 is 24.0 Å². The molecule has 0 fully saturated rings. The Morgan fingerprint density at radius 2 is 1.67 bits per heavy atom. The van der Waals surface area contributed by atoms with Crippen LogP contribution in [-0.2, 0) is 14.3 Å². The summed E-state index contributed by atoms with van der Waals surface area (Å²) in [6.07, 6.45) is -5.11. The van der Waals surface area contributed by atoms with E-state index in [2.05, 4.69) is 4.74 Å². The normalized spacial score (nSPS) is 11.5. The maximum Gasteiger partial charge on any atom is 0.491 e. The van der Waals surface area contributed by atoms with E-state index in [4.69, 9.17) is 0 Å². The standard InChI is InChI=1S/C6H7F3O3/c1-3(2)4(10)12-5(11)6(7,8)9/h3H,1-2H3. The van der Waals surface area contributed by atoms with Gasteiger partial charge < -0.3 is 4.74 Å². The second-order valence-corrected chi connectivity index (χ2v) is 2.36. The summed E-state index contributed by atoms with van der Waals surface area (Å²) < 4.78 is 37.8. The van der Waals surface area contributed by atoms with Crippen LogP contribution in [0.4, 0.5) is 13.2 Å². The smallest absolute Gasteiger partial charge is 0.386 e. The van der Waals surface area contributed by atoms with Crippen LogP contribution in [0, 0.1) is 5.92 Å². The molecule has 0 bridgehead atoms. The van der Waals surface area contributed by atoms with Crippen LogP contribution in [0.3, 0.4) is 0 Å². The Kier molecular flexibility index (Phi) is 3.24. The molecule has 0 aromatic carbocycles. The highest BCUT2D eigenvalue weighted by atomic mass is 19.4. The first-order chi connectivity index (χ1) is 5.25. The molecule has 0 saturated heterocycles. The molecular weight excluding hydrogens is 177 g/mol. The molecular formula is C6H7F3O3. The predicted octanol–water partition coefficient (Wildman–Crippen LogP) is 1.27. The third-order valence-electron chi connectivity index (χ3n) is 0.896. The molecule has 0 amide bonds. The number of esters is 2. The van der Waals surface area contributed by atoms with Gasteiger partial charge in [-0.2, -0.15) is 13.2 Å². The third kappa shape index (κ3) is 3.36. The summed E-state index contributed by atoms with van der Waals surface area (Å²) in [4.78, 5) is 20.5. The fraction of sp³-hybridized carbons (Fsp3) is 0.667. The maximum absolute atomic E-state index is 11.4. The Morgan fingerprint density at radius 1 is 1.25 bits per heavy atom. The lowest BCUT2D eigenvalue weighted by Crippen LogP contribution is -2.29. The van der Waals surface area contributed by atoms with Crippen LogP contribution in [-0.4, -0.2) is 18.1 Å². The van der Waals surface area contributed by atoms with Gasteiger partial charge in [-0.05, 0) is 0 Å².